The minimum atomic E-state index is 0.0966. The SMILES string of the molecule is CCOc1cc(CCCNC(=O)C2CCCC(N)C2)ccc1OC. The van der Waals surface area contributed by atoms with Gasteiger partial charge in [0.1, 0.15) is 0 Å². The van der Waals surface area contributed by atoms with Gasteiger partial charge in [-0.3, -0.25) is 4.79 Å². The molecule has 24 heavy (non-hydrogen) atoms. The predicted molar refractivity (Wildman–Crippen MR) is 95.4 cm³/mol. The zero-order chi connectivity index (χ0) is 17.4. The van der Waals surface area contributed by atoms with Gasteiger partial charge in [0.25, 0.3) is 0 Å². The zero-order valence-corrected chi connectivity index (χ0v) is 14.8. The Morgan fingerprint density at radius 2 is 2.17 bits per heavy atom. The molecule has 134 valence electrons. The molecule has 1 amide bonds. The first kappa shape index (κ1) is 18.6. The van der Waals surface area contributed by atoms with Crippen LogP contribution in [0.15, 0.2) is 18.2 Å². The number of hydrogen-bond acceptors (Lipinski definition) is 4. The van der Waals surface area contributed by atoms with Crippen molar-refractivity contribution < 1.29 is 14.3 Å². The Kier molecular flexibility index (Phi) is 7.37. The second kappa shape index (κ2) is 9.52. The highest BCUT2D eigenvalue weighted by Crippen LogP contribution is 2.28. The highest BCUT2D eigenvalue weighted by molar-refractivity contribution is 5.78. The van der Waals surface area contributed by atoms with Crippen molar-refractivity contribution in [2.75, 3.05) is 20.3 Å². The molecule has 2 unspecified atom stereocenters. The standard InChI is InChI=1S/C19H30N2O3/c1-3-24-18-12-14(9-10-17(18)23-2)6-5-11-21-19(22)15-7-4-8-16(20)13-15/h9-10,12,15-16H,3-8,11,13,20H2,1-2H3,(H,21,22). The molecule has 5 nitrogen and oxygen atoms in total. The van der Waals surface area contributed by atoms with Gasteiger partial charge in [0, 0.05) is 18.5 Å². The van der Waals surface area contributed by atoms with Crippen LogP contribution in [-0.2, 0) is 11.2 Å². The van der Waals surface area contributed by atoms with Crippen molar-refractivity contribution in [1.82, 2.24) is 5.32 Å². The highest BCUT2D eigenvalue weighted by Gasteiger charge is 2.24. The second-order valence-electron chi connectivity index (χ2n) is 6.44. The number of benzene rings is 1. The van der Waals surface area contributed by atoms with Gasteiger partial charge in [0.15, 0.2) is 11.5 Å². The van der Waals surface area contributed by atoms with Crippen molar-refractivity contribution in [2.45, 2.75) is 51.5 Å². The minimum Gasteiger partial charge on any atom is -0.493 e. The van der Waals surface area contributed by atoms with Crippen LogP contribution in [-0.4, -0.2) is 32.2 Å². The minimum absolute atomic E-state index is 0.0966. The van der Waals surface area contributed by atoms with Crippen molar-refractivity contribution in [1.29, 1.82) is 0 Å². The average molecular weight is 334 g/mol. The number of hydrogen-bond donors (Lipinski definition) is 2. The van der Waals surface area contributed by atoms with Gasteiger partial charge in [-0.1, -0.05) is 12.5 Å². The molecule has 1 aromatic rings. The first-order valence-electron chi connectivity index (χ1n) is 8.97. The molecule has 1 aromatic carbocycles. The molecule has 0 spiro atoms. The maximum absolute atomic E-state index is 12.2. The van der Waals surface area contributed by atoms with Gasteiger partial charge in [0.05, 0.1) is 13.7 Å². The molecule has 1 saturated carbocycles. The van der Waals surface area contributed by atoms with Crippen LogP contribution in [0.5, 0.6) is 11.5 Å². The second-order valence-corrected chi connectivity index (χ2v) is 6.44. The third kappa shape index (κ3) is 5.41. The molecular formula is C19H30N2O3. The number of methoxy groups -OCH3 is 1. The Labute approximate surface area is 144 Å². The fourth-order valence-electron chi connectivity index (χ4n) is 3.26. The highest BCUT2D eigenvalue weighted by atomic mass is 16.5. The number of amides is 1. The lowest BCUT2D eigenvalue weighted by atomic mass is 9.85. The van der Waals surface area contributed by atoms with E-state index >= 15 is 0 Å². The molecule has 0 radical (unpaired) electrons. The number of nitrogens with one attached hydrogen (secondary N) is 1. The third-order valence-corrected chi connectivity index (χ3v) is 4.55. The molecule has 2 atom stereocenters. The van der Waals surface area contributed by atoms with E-state index in [0.717, 1.165) is 50.0 Å². The molecule has 2 rings (SSSR count). The molecule has 0 aliphatic heterocycles. The summed E-state index contributed by atoms with van der Waals surface area (Å²) in [6, 6.07) is 6.18. The molecule has 0 aromatic heterocycles. The van der Waals surface area contributed by atoms with E-state index in [1.807, 2.05) is 25.1 Å². The third-order valence-electron chi connectivity index (χ3n) is 4.55. The van der Waals surface area contributed by atoms with E-state index in [2.05, 4.69) is 5.32 Å². The largest absolute Gasteiger partial charge is 0.493 e. The summed E-state index contributed by atoms with van der Waals surface area (Å²) in [6.07, 6.45) is 5.70. The van der Waals surface area contributed by atoms with Gasteiger partial charge in [0.2, 0.25) is 5.91 Å². The molecule has 0 saturated heterocycles. The van der Waals surface area contributed by atoms with Crippen molar-refractivity contribution in [3.8, 4) is 11.5 Å². The number of carbonyl (C=O) groups excluding carboxylic acids is 1. The topological polar surface area (TPSA) is 73.6 Å². The number of rotatable bonds is 8. The molecule has 1 aliphatic carbocycles. The quantitative estimate of drug-likeness (QED) is 0.717. The maximum Gasteiger partial charge on any atom is 0.223 e. The van der Waals surface area contributed by atoms with Crippen LogP contribution in [0.4, 0.5) is 0 Å². The summed E-state index contributed by atoms with van der Waals surface area (Å²) in [5.41, 5.74) is 7.14. The number of aryl methyl sites for hydroxylation is 1. The van der Waals surface area contributed by atoms with Gasteiger partial charge in [-0.05, 0) is 56.7 Å². The van der Waals surface area contributed by atoms with Gasteiger partial charge in [-0.15, -0.1) is 0 Å². The summed E-state index contributed by atoms with van der Waals surface area (Å²) < 4.78 is 10.9. The van der Waals surface area contributed by atoms with E-state index in [9.17, 15) is 4.79 Å². The van der Waals surface area contributed by atoms with Crippen molar-refractivity contribution in [2.24, 2.45) is 11.7 Å². The fourth-order valence-corrected chi connectivity index (χ4v) is 3.26. The normalized spacial score (nSPS) is 20.5. The summed E-state index contributed by atoms with van der Waals surface area (Å²) in [5.74, 6) is 1.79. The summed E-state index contributed by atoms with van der Waals surface area (Å²) in [5, 5.41) is 3.06. The zero-order valence-electron chi connectivity index (χ0n) is 14.8. The van der Waals surface area contributed by atoms with Gasteiger partial charge >= 0.3 is 0 Å². The predicted octanol–water partition coefficient (Wildman–Crippen LogP) is 2.66. The van der Waals surface area contributed by atoms with Crippen LogP contribution in [0.3, 0.4) is 0 Å². The summed E-state index contributed by atoms with van der Waals surface area (Å²) in [7, 11) is 1.64. The molecule has 3 N–H and O–H groups in total. The van der Waals surface area contributed by atoms with Crippen LogP contribution in [0, 0.1) is 5.92 Å². The molecule has 1 fully saturated rings. The van der Waals surface area contributed by atoms with Gasteiger partial charge < -0.3 is 20.5 Å². The Morgan fingerprint density at radius 3 is 2.88 bits per heavy atom. The van der Waals surface area contributed by atoms with Gasteiger partial charge in [-0.2, -0.15) is 0 Å². The number of ether oxygens (including phenoxy) is 2. The first-order valence-corrected chi connectivity index (χ1v) is 8.97. The lowest BCUT2D eigenvalue weighted by Crippen LogP contribution is -2.38. The maximum atomic E-state index is 12.2. The Hall–Kier alpha value is -1.75. The molecule has 5 heteroatoms. The van der Waals surface area contributed by atoms with Crippen LogP contribution in [0.25, 0.3) is 0 Å². The average Bonchev–Trinajstić information content (AvgIpc) is 2.59. The summed E-state index contributed by atoms with van der Waals surface area (Å²) >= 11 is 0. The van der Waals surface area contributed by atoms with Crippen LogP contribution in [0.1, 0.15) is 44.6 Å². The van der Waals surface area contributed by atoms with Crippen molar-refractivity contribution in [3.63, 3.8) is 0 Å². The van der Waals surface area contributed by atoms with Gasteiger partial charge in [-0.25, -0.2) is 0 Å². The molecule has 0 bridgehead atoms. The summed E-state index contributed by atoms with van der Waals surface area (Å²) in [4.78, 5) is 12.2. The van der Waals surface area contributed by atoms with Crippen molar-refractivity contribution >= 4 is 5.91 Å². The molecular weight excluding hydrogens is 304 g/mol. The molecule has 1 aliphatic rings. The smallest absolute Gasteiger partial charge is 0.223 e. The monoisotopic (exact) mass is 334 g/mol. The fraction of sp³-hybridized carbons (Fsp3) is 0.632. The van der Waals surface area contributed by atoms with E-state index in [4.69, 9.17) is 15.2 Å². The van der Waals surface area contributed by atoms with Crippen LogP contribution in [0.2, 0.25) is 0 Å². The van der Waals surface area contributed by atoms with Crippen molar-refractivity contribution in [3.05, 3.63) is 23.8 Å². The summed E-state index contributed by atoms with van der Waals surface area (Å²) in [6.45, 7) is 3.26. The van der Waals surface area contributed by atoms with E-state index < -0.39 is 0 Å². The Bertz CT molecular complexity index is 533. The van der Waals surface area contributed by atoms with Crippen LogP contribution >= 0.6 is 0 Å². The first-order chi connectivity index (χ1) is 11.6. The van der Waals surface area contributed by atoms with Crippen LogP contribution < -0.4 is 20.5 Å². The molecule has 0 heterocycles. The van der Waals surface area contributed by atoms with E-state index in [-0.39, 0.29) is 17.9 Å². The van der Waals surface area contributed by atoms with E-state index in [1.165, 1.54) is 5.56 Å². The lowest BCUT2D eigenvalue weighted by Gasteiger charge is -2.25. The van der Waals surface area contributed by atoms with E-state index in [0.29, 0.717) is 13.2 Å². The Balaban J connectivity index is 1.75. The number of nitrogens with two attached hydrogens (primary N) is 1. The number of carbonyl (C=O) groups is 1. The van der Waals surface area contributed by atoms with E-state index in [1.54, 1.807) is 7.11 Å². The Morgan fingerprint density at radius 1 is 1.33 bits per heavy atom. The lowest BCUT2D eigenvalue weighted by molar-refractivity contribution is -0.126.